The van der Waals surface area contributed by atoms with E-state index < -0.39 is 24.0 Å². The van der Waals surface area contributed by atoms with Gasteiger partial charge in [-0.15, -0.1) is 0 Å². The molecule has 2 saturated heterocycles. The summed E-state index contributed by atoms with van der Waals surface area (Å²) in [5, 5.41) is 10.8. The first-order chi connectivity index (χ1) is 16.6. The Morgan fingerprint density at radius 2 is 1.62 bits per heavy atom. The number of fused-ring (bicyclic) bond motifs is 1. The van der Waals surface area contributed by atoms with Crippen LogP contribution in [-0.2, 0) is 14.4 Å². The maximum Gasteiger partial charge on any atom is 0.266 e. The van der Waals surface area contributed by atoms with Crippen LogP contribution in [0, 0.1) is 17.2 Å². The lowest BCUT2D eigenvalue weighted by Crippen LogP contribution is -2.37. The van der Waals surface area contributed by atoms with Crippen molar-refractivity contribution in [1.29, 1.82) is 5.26 Å². The van der Waals surface area contributed by atoms with Crippen molar-refractivity contribution < 1.29 is 19.2 Å². The van der Waals surface area contributed by atoms with Gasteiger partial charge in [0.25, 0.3) is 5.91 Å². The Kier molecular flexibility index (Phi) is 5.74. The Morgan fingerprint density at radius 3 is 2.26 bits per heavy atom. The minimum absolute atomic E-state index is 0.315. The quantitative estimate of drug-likeness (QED) is 0.515. The molecule has 0 radical (unpaired) electrons. The smallest absolute Gasteiger partial charge is 0.266 e. The minimum atomic E-state index is -0.940. The van der Waals surface area contributed by atoms with Gasteiger partial charge in [-0.3, -0.25) is 14.4 Å². The third kappa shape index (κ3) is 3.68. The van der Waals surface area contributed by atoms with E-state index >= 15 is 0 Å². The van der Waals surface area contributed by atoms with Crippen LogP contribution in [0.25, 0.3) is 0 Å². The highest BCUT2D eigenvalue weighted by atomic mass is 16.7. The van der Waals surface area contributed by atoms with Crippen LogP contribution in [0.2, 0.25) is 0 Å². The number of benzene rings is 3. The molecule has 0 unspecified atom stereocenters. The molecule has 170 valence electrons. The van der Waals surface area contributed by atoms with Crippen LogP contribution in [0.15, 0.2) is 78.9 Å². The largest absolute Gasteiger partial charge is 0.494 e. The van der Waals surface area contributed by atoms with E-state index in [1.165, 1.54) is 4.90 Å². The van der Waals surface area contributed by atoms with Gasteiger partial charge in [0.15, 0.2) is 6.10 Å². The standard InChI is InChI=1S/C27H23N3O4/c1-2-16-33-22-14-12-20(13-15-22)29-26(31)23-24(19-10-8-18(17-28)9-11-19)30(34-25(23)27(29)32)21-6-4-3-5-7-21/h3-15,23-25H,2,16H2,1H3/t23-,24+,25+/m1/s1. The van der Waals surface area contributed by atoms with Crippen LogP contribution in [0.1, 0.15) is 30.5 Å². The summed E-state index contributed by atoms with van der Waals surface area (Å²) in [5.74, 6) is -0.747. The van der Waals surface area contributed by atoms with E-state index in [-0.39, 0.29) is 5.91 Å². The van der Waals surface area contributed by atoms with Crippen molar-refractivity contribution in [3.8, 4) is 11.8 Å². The SMILES string of the molecule is CCCOc1ccc(N2C(=O)[C@H]3[C@H](ON(c4ccccc4)[C@H]3c3ccc(C#N)cc3)C2=O)cc1. The van der Waals surface area contributed by atoms with E-state index in [1.54, 1.807) is 41.5 Å². The zero-order chi connectivity index (χ0) is 23.7. The first-order valence-electron chi connectivity index (χ1n) is 11.2. The second-order valence-electron chi connectivity index (χ2n) is 8.25. The zero-order valence-electron chi connectivity index (χ0n) is 18.6. The molecule has 2 amide bonds. The van der Waals surface area contributed by atoms with Crippen LogP contribution in [-0.4, -0.2) is 24.5 Å². The first kappa shape index (κ1) is 21.7. The number of para-hydroxylation sites is 1. The van der Waals surface area contributed by atoms with Gasteiger partial charge in [0.2, 0.25) is 5.91 Å². The molecule has 34 heavy (non-hydrogen) atoms. The van der Waals surface area contributed by atoms with E-state index in [9.17, 15) is 14.9 Å². The number of imide groups is 1. The lowest BCUT2D eigenvalue weighted by atomic mass is 9.90. The molecule has 3 aromatic carbocycles. The monoisotopic (exact) mass is 453 g/mol. The van der Waals surface area contributed by atoms with Gasteiger partial charge in [-0.2, -0.15) is 5.26 Å². The Bertz CT molecular complexity index is 1240. The molecule has 0 aromatic heterocycles. The van der Waals surface area contributed by atoms with Crippen molar-refractivity contribution in [2.45, 2.75) is 25.5 Å². The maximum atomic E-state index is 13.7. The summed E-state index contributed by atoms with van der Waals surface area (Å²) in [6.45, 7) is 2.62. The Balaban J connectivity index is 1.50. The molecule has 3 atom stereocenters. The fourth-order valence-corrected chi connectivity index (χ4v) is 4.47. The molecule has 2 aliphatic heterocycles. The molecule has 0 bridgehead atoms. The molecule has 5 rings (SSSR count). The number of nitriles is 1. The van der Waals surface area contributed by atoms with Gasteiger partial charge in [0.05, 0.1) is 35.7 Å². The summed E-state index contributed by atoms with van der Waals surface area (Å²) in [5.41, 5.74) is 2.55. The molecule has 0 spiro atoms. The van der Waals surface area contributed by atoms with E-state index in [1.807, 2.05) is 49.4 Å². The van der Waals surface area contributed by atoms with Crippen molar-refractivity contribution in [3.63, 3.8) is 0 Å². The fourth-order valence-electron chi connectivity index (χ4n) is 4.47. The molecular formula is C27H23N3O4. The maximum absolute atomic E-state index is 13.7. The predicted octanol–water partition coefficient (Wildman–Crippen LogP) is 4.40. The van der Waals surface area contributed by atoms with E-state index in [0.29, 0.717) is 23.6 Å². The number of carbonyl (C=O) groups is 2. The average Bonchev–Trinajstić information content (AvgIpc) is 3.39. The van der Waals surface area contributed by atoms with Crippen molar-refractivity contribution in [3.05, 3.63) is 90.0 Å². The molecule has 2 fully saturated rings. The molecule has 0 saturated carbocycles. The van der Waals surface area contributed by atoms with Gasteiger partial charge < -0.3 is 4.74 Å². The molecule has 3 aromatic rings. The van der Waals surface area contributed by atoms with Gasteiger partial charge in [-0.25, -0.2) is 9.96 Å². The van der Waals surface area contributed by atoms with E-state index in [0.717, 1.165) is 17.7 Å². The number of hydrogen-bond donors (Lipinski definition) is 0. The van der Waals surface area contributed by atoms with E-state index in [4.69, 9.17) is 9.57 Å². The van der Waals surface area contributed by atoms with Gasteiger partial charge in [0, 0.05) is 0 Å². The lowest BCUT2D eigenvalue weighted by Gasteiger charge is -2.28. The number of hydrogen-bond acceptors (Lipinski definition) is 6. The van der Waals surface area contributed by atoms with Crippen LogP contribution in [0.4, 0.5) is 11.4 Å². The fraction of sp³-hybridized carbons (Fsp3) is 0.222. The van der Waals surface area contributed by atoms with Crippen molar-refractivity contribution in [1.82, 2.24) is 0 Å². The highest BCUT2D eigenvalue weighted by Crippen LogP contribution is 2.47. The highest BCUT2D eigenvalue weighted by Gasteiger charge is 2.60. The second kappa shape index (κ2) is 9.00. The summed E-state index contributed by atoms with van der Waals surface area (Å²) in [7, 11) is 0. The highest BCUT2D eigenvalue weighted by molar-refractivity contribution is 6.23. The lowest BCUT2D eigenvalue weighted by molar-refractivity contribution is -0.126. The van der Waals surface area contributed by atoms with Crippen LogP contribution in [0.3, 0.4) is 0 Å². The third-order valence-electron chi connectivity index (χ3n) is 6.08. The summed E-state index contributed by atoms with van der Waals surface area (Å²) >= 11 is 0. The zero-order valence-corrected chi connectivity index (χ0v) is 18.6. The predicted molar refractivity (Wildman–Crippen MR) is 126 cm³/mol. The van der Waals surface area contributed by atoms with Crippen LogP contribution in [0.5, 0.6) is 5.75 Å². The number of ether oxygens (including phenoxy) is 1. The van der Waals surface area contributed by atoms with Crippen molar-refractivity contribution in [2.24, 2.45) is 5.92 Å². The summed E-state index contributed by atoms with van der Waals surface area (Å²) in [6, 6.07) is 25.0. The molecule has 7 heteroatoms. The third-order valence-corrected chi connectivity index (χ3v) is 6.08. The number of amides is 2. The number of carbonyl (C=O) groups excluding carboxylic acids is 2. The van der Waals surface area contributed by atoms with Gasteiger partial charge in [-0.1, -0.05) is 37.3 Å². The van der Waals surface area contributed by atoms with Gasteiger partial charge >= 0.3 is 0 Å². The van der Waals surface area contributed by atoms with Gasteiger partial charge in [-0.05, 0) is 60.5 Å². The molecule has 2 aliphatic rings. The second-order valence-corrected chi connectivity index (χ2v) is 8.25. The number of hydroxylamine groups is 1. The van der Waals surface area contributed by atoms with Gasteiger partial charge in [0.1, 0.15) is 11.7 Å². The van der Waals surface area contributed by atoms with Crippen LogP contribution < -0.4 is 14.7 Å². The molecule has 0 N–H and O–H groups in total. The van der Waals surface area contributed by atoms with Crippen molar-refractivity contribution in [2.75, 3.05) is 16.6 Å². The van der Waals surface area contributed by atoms with E-state index in [2.05, 4.69) is 6.07 Å². The average molecular weight is 453 g/mol. The molecular weight excluding hydrogens is 430 g/mol. The Hall–Kier alpha value is -4.15. The summed E-state index contributed by atoms with van der Waals surface area (Å²) in [6.07, 6.45) is -0.0513. The molecule has 7 nitrogen and oxygen atoms in total. The van der Waals surface area contributed by atoms with Crippen molar-refractivity contribution >= 4 is 23.2 Å². The normalized spacial score (nSPS) is 21.5. The molecule has 2 heterocycles. The summed E-state index contributed by atoms with van der Waals surface area (Å²) in [4.78, 5) is 34.4. The summed E-state index contributed by atoms with van der Waals surface area (Å²) < 4.78 is 5.62. The number of nitrogens with zero attached hydrogens (tertiary/aromatic N) is 3. The van der Waals surface area contributed by atoms with Crippen LogP contribution >= 0.6 is 0 Å². The Labute approximate surface area is 197 Å². The number of rotatable bonds is 6. The minimum Gasteiger partial charge on any atom is -0.494 e. The number of anilines is 2. The Morgan fingerprint density at radius 1 is 0.912 bits per heavy atom. The first-order valence-corrected chi connectivity index (χ1v) is 11.2. The topological polar surface area (TPSA) is 82.9 Å². The molecule has 0 aliphatic carbocycles.